The van der Waals surface area contributed by atoms with Gasteiger partial charge in [0.05, 0.1) is 5.69 Å². The lowest BCUT2D eigenvalue weighted by Crippen LogP contribution is -2.47. The first-order valence-electron chi connectivity index (χ1n) is 4.18. The molecule has 86 valence electrons. The van der Waals surface area contributed by atoms with E-state index in [0.717, 1.165) is 6.07 Å². The predicted molar refractivity (Wildman–Crippen MR) is 52.7 cm³/mol. The minimum absolute atomic E-state index is 0.0488. The number of nitrogens with one attached hydrogen (secondary N) is 1. The number of benzene rings is 1. The highest BCUT2D eigenvalue weighted by Crippen LogP contribution is 2.48. The van der Waals surface area contributed by atoms with Crippen molar-refractivity contribution >= 4 is 27.5 Å². The highest BCUT2D eigenvalue weighted by atomic mass is 79.9. The largest absolute Gasteiger partial charge is 0.430 e. The lowest BCUT2D eigenvalue weighted by Gasteiger charge is -2.23. The Bertz CT molecular complexity index is 474. The van der Waals surface area contributed by atoms with Crippen LogP contribution in [-0.2, 0) is 10.4 Å². The van der Waals surface area contributed by atoms with E-state index in [1.807, 2.05) is 5.32 Å². The molecule has 1 atom stereocenters. The minimum atomic E-state index is -5.05. The Hall–Kier alpha value is -1.08. The molecule has 7 heteroatoms. The van der Waals surface area contributed by atoms with Crippen molar-refractivity contribution in [3.05, 3.63) is 28.2 Å². The van der Waals surface area contributed by atoms with Crippen LogP contribution in [0.25, 0.3) is 0 Å². The number of alkyl halides is 3. The van der Waals surface area contributed by atoms with Crippen LogP contribution in [0.5, 0.6) is 0 Å². The Labute approximate surface area is 96.4 Å². The van der Waals surface area contributed by atoms with Gasteiger partial charge < -0.3 is 10.4 Å². The molecule has 0 aliphatic carbocycles. The molecular weight excluding hydrogens is 291 g/mol. The number of anilines is 1. The summed E-state index contributed by atoms with van der Waals surface area (Å²) in [5.74, 6) is -1.48. The molecule has 0 radical (unpaired) electrons. The van der Waals surface area contributed by atoms with E-state index in [1.54, 1.807) is 0 Å². The molecule has 16 heavy (non-hydrogen) atoms. The third-order valence-electron chi connectivity index (χ3n) is 2.38. The minimum Gasteiger partial charge on any atom is -0.368 e. The number of rotatable bonds is 0. The quantitative estimate of drug-likeness (QED) is 0.770. The fourth-order valence-electron chi connectivity index (χ4n) is 1.56. The first kappa shape index (κ1) is 11.4. The van der Waals surface area contributed by atoms with Gasteiger partial charge in [0.25, 0.3) is 11.5 Å². The summed E-state index contributed by atoms with van der Waals surface area (Å²) in [6.45, 7) is 0. The van der Waals surface area contributed by atoms with Crippen molar-refractivity contribution in [2.45, 2.75) is 11.8 Å². The van der Waals surface area contributed by atoms with Gasteiger partial charge in [0.15, 0.2) is 0 Å². The van der Waals surface area contributed by atoms with E-state index in [0.29, 0.717) is 4.47 Å². The predicted octanol–water partition coefficient (Wildman–Crippen LogP) is 2.15. The molecule has 1 aromatic rings. The molecule has 1 aliphatic rings. The molecule has 1 aliphatic heterocycles. The third-order valence-corrected chi connectivity index (χ3v) is 3.04. The maximum absolute atomic E-state index is 12.7. The summed E-state index contributed by atoms with van der Waals surface area (Å²) in [5, 5.41) is 11.5. The van der Waals surface area contributed by atoms with Gasteiger partial charge in [-0.15, -0.1) is 0 Å². The number of carbonyl (C=O) groups is 1. The van der Waals surface area contributed by atoms with Gasteiger partial charge in [-0.05, 0) is 22.0 Å². The molecule has 1 heterocycles. The van der Waals surface area contributed by atoms with Gasteiger partial charge in [0.2, 0.25) is 0 Å². The molecule has 0 spiro atoms. The molecule has 1 amide bonds. The topological polar surface area (TPSA) is 49.3 Å². The number of para-hydroxylation sites is 1. The SMILES string of the molecule is O=C1Nc2c(Br)cccc2C1(O)C(F)(F)F. The second-order valence-corrected chi connectivity index (χ2v) is 4.18. The molecular formula is C9H5BrF3NO2. The van der Waals surface area contributed by atoms with Crippen LogP contribution in [0.2, 0.25) is 0 Å². The molecule has 1 aromatic carbocycles. The summed E-state index contributed by atoms with van der Waals surface area (Å²) in [5.41, 5.74) is -4.00. The van der Waals surface area contributed by atoms with E-state index in [9.17, 15) is 23.1 Å². The normalized spacial score (nSPS) is 24.2. The number of fused-ring (bicyclic) bond motifs is 1. The van der Waals surface area contributed by atoms with Crippen LogP contribution >= 0.6 is 15.9 Å². The fourth-order valence-corrected chi connectivity index (χ4v) is 2.03. The van der Waals surface area contributed by atoms with E-state index in [2.05, 4.69) is 15.9 Å². The van der Waals surface area contributed by atoms with Crippen LogP contribution in [0.3, 0.4) is 0 Å². The standard InChI is InChI=1S/C9H5BrF3NO2/c10-5-3-1-2-4-6(5)14-7(15)8(4,16)9(11,12)13/h1-3,16H,(H,14,15). The molecule has 2 rings (SSSR count). The Kier molecular flexibility index (Phi) is 2.29. The maximum atomic E-state index is 12.7. The van der Waals surface area contributed by atoms with Crippen LogP contribution in [0.4, 0.5) is 18.9 Å². The summed E-state index contributed by atoms with van der Waals surface area (Å²) in [6.07, 6.45) is -5.05. The molecule has 1 unspecified atom stereocenters. The number of hydrogen-bond donors (Lipinski definition) is 2. The van der Waals surface area contributed by atoms with E-state index >= 15 is 0 Å². The van der Waals surface area contributed by atoms with Crippen LogP contribution in [-0.4, -0.2) is 17.2 Å². The van der Waals surface area contributed by atoms with Crippen molar-refractivity contribution in [1.82, 2.24) is 0 Å². The van der Waals surface area contributed by atoms with Crippen molar-refractivity contribution in [3.8, 4) is 0 Å². The molecule has 0 saturated heterocycles. The summed E-state index contributed by atoms with van der Waals surface area (Å²) >= 11 is 3.00. The zero-order valence-corrected chi connectivity index (χ0v) is 9.19. The monoisotopic (exact) mass is 295 g/mol. The summed E-state index contributed by atoms with van der Waals surface area (Å²) in [4.78, 5) is 11.2. The van der Waals surface area contributed by atoms with E-state index in [-0.39, 0.29) is 5.69 Å². The second kappa shape index (κ2) is 3.21. The average molecular weight is 296 g/mol. The number of hydrogen-bond acceptors (Lipinski definition) is 2. The lowest BCUT2D eigenvalue weighted by atomic mass is 9.95. The first-order chi connectivity index (χ1) is 7.28. The van der Waals surface area contributed by atoms with Gasteiger partial charge in [-0.3, -0.25) is 4.79 Å². The van der Waals surface area contributed by atoms with Crippen molar-refractivity contribution in [2.24, 2.45) is 0 Å². The highest BCUT2D eigenvalue weighted by molar-refractivity contribution is 9.10. The average Bonchev–Trinajstić information content (AvgIpc) is 2.43. The van der Waals surface area contributed by atoms with Crippen LogP contribution in [0.15, 0.2) is 22.7 Å². The van der Waals surface area contributed by atoms with Crippen molar-refractivity contribution < 1.29 is 23.1 Å². The van der Waals surface area contributed by atoms with Crippen molar-refractivity contribution in [1.29, 1.82) is 0 Å². The zero-order valence-electron chi connectivity index (χ0n) is 7.60. The van der Waals surface area contributed by atoms with Gasteiger partial charge in [0.1, 0.15) is 0 Å². The van der Waals surface area contributed by atoms with E-state index < -0.39 is 23.2 Å². The zero-order chi connectivity index (χ0) is 12.1. The van der Waals surface area contributed by atoms with Gasteiger partial charge >= 0.3 is 6.18 Å². The number of aliphatic hydroxyl groups is 1. The third kappa shape index (κ3) is 1.28. The molecule has 3 nitrogen and oxygen atoms in total. The molecule has 0 bridgehead atoms. The van der Waals surface area contributed by atoms with Gasteiger partial charge in [-0.2, -0.15) is 13.2 Å². The van der Waals surface area contributed by atoms with E-state index in [1.165, 1.54) is 12.1 Å². The Morgan fingerprint density at radius 2 is 2.00 bits per heavy atom. The van der Waals surface area contributed by atoms with Gasteiger partial charge in [-0.25, -0.2) is 0 Å². The number of halogens is 4. The van der Waals surface area contributed by atoms with Gasteiger partial charge in [-0.1, -0.05) is 12.1 Å². The summed E-state index contributed by atoms with van der Waals surface area (Å²) < 4.78 is 38.3. The second-order valence-electron chi connectivity index (χ2n) is 3.32. The van der Waals surface area contributed by atoms with E-state index in [4.69, 9.17) is 0 Å². The Balaban J connectivity index is 2.70. The first-order valence-corrected chi connectivity index (χ1v) is 4.97. The van der Waals surface area contributed by atoms with Crippen LogP contribution in [0.1, 0.15) is 5.56 Å². The van der Waals surface area contributed by atoms with Crippen molar-refractivity contribution in [2.75, 3.05) is 5.32 Å². The molecule has 2 N–H and O–H groups in total. The smallest absolute Gasteiger partial charge is 0.368 e. The van der Waals surface area contributed by atoms with Crippen LogP contribution < -0.4 is 5.32 Å². The maximum Gasteiger partial charge on any atom is 0.430 e. The highest BCUT2D eigenvalue weighted by Gasteiger charge is 2.64. The van der Waals surface area contributed by atoms with Crippen LogP contribution in [0, 0.1) is 0 Å². The molecule has 0 fully saturated rings. The van der Waals surface area contributed by atoms with Gasteiger partial charge in [0, 0.05) is 10.0 Å². The Morgan fingerprint density at radius 1 is 1.38 bits per heavy atom. The molecule has 0 saturated carbocycles. The summed E-state index contributed by atoms with van der Waals surface area (Å²) in [6, 6.07) is 3.85. The summed E-state index contributed by atoms with van der Waals surface area (Å²) in [7, 11) is 0. The number of amides is 1. The lowest BCUT2D eigenvalue weighted by molar-refractivity contribution is -0.252. The Morgan fingerprint density at radius 3 is 2.56 bits per heavy atom. The fraction of sp³-hybridized carbons (Fsp3) is 0.222. The van der Waals surface area contributed by atoms with Crippen molar-refractivity contribution in [3.63, 3.8) is 0 Å². The number of carbonyl (C=O) groups excluding carboxylic acids is 1. The molecule has 0 aromatic heterocycles.